The van der Waals surface area contributed by atoms with Crippen molar-refractivity contribution in [1.82, 2.24) is 15.3 Å². The van der Waals surface area contributed by atoms with Gasteiger partial charge < -0.3 is 15.8 Å². The zero-order valence-electron chi connectivity index (χ0n) is 14.8. The molecule has 3 aromatic rings. The molecule has 2 heterocycles. The molecule has 1 unspecified atom stereocenters. The molecule has 0 aliphatic carbocycles. The number of carbonyl (C=O) groups excluding carboxylic acids is 1. The molecule has 0 saturated carbocycles. The molecule has 0 aliphatic rings. The summed E-state index contributed by atoms with van der Waals surface area (Å²) in [4.78, 5) is 22.3. The van der Waals surface area contributed by atoms with Crippen molar-refractivity contribution in [3.63, 3.8) is 0 Å². The van der Waals surface area contributed by atoms with Crippen molar-refractivity contribution in [2.75, 3.05) is 7.11 Å². The van der Waals surface area contributed by atoms with Crippen molar-refractivity contribution in [2.45, 2.75) is 26.4 Å². The van der Waals surface area contributed by atoms with E-state index >= 15 is 0 Å². The van der Waals surface area contributed by atoms with E-state index in [0.717, 1.165) is 31.9 Å². The number of aryl methyl sites for hydroxylation is 1. The normalized spacial score (nSPS) is 12.0. The predicted octanol–water partition coefficient (Wildman–Crippen LogP) is 3.53. The lowest BCUT2D eigenvalue weighted by Crippen LogP contribution is -2.26. The molecule has 0 spiro atoms. The maximum atomic E-state index is 12.4. The molecule has 8 heteroatoms. The molecule has 26 heavy (non-hydrogen) atoms. The lowest BCUT2D eigenvalue weighted by atomic mass is 10.2. The van der Waals surface area contributed by atoms with E-state index in [-0.39, 0.29) is 11.9 Å². The number of nitrogens with zero attached hydrogens (tertiary/aromatic N) is 2. The van der Waals surface area contributed by atoms with Crippen LogP contribution >= 0.6 is 22.7 Å². The van der Waals surface area contributed by atoms with Crippen LogP contribution in [0.25, 0.3) is 10.6 Å². The fraction of sp³-hybridized carbons (Fsp3) is 0.278. The molecule has 0 aliphatic heterocycles. The topological polar surface area (TPSA) is 90.1 Å². The first-order valence-electron chi connectivity index (χ1n) is 8.09. The van der Waals surface area contributed by atoms with E-state index in [1.807, 2.05) is 38.1 Å². The monoisotopic (exact) mass is 388 g/mol. The average molecular weight is 389 g/mol. The van der Waals surface area contributed by atoms with Crippen LogP contribution in [0.15, 0.2) is 29.6 Å². The molecule has 1 amide bonds. The zero-order chi connectivity index (χ0) is 18.7. The molecule has 0 fully saturated rings. The predicted molar refractivity (Wildman–Crippen MR) is 105 cm³/mol. The number of nitrogens with two attached hydrogens (primary N) is 1. The summed E-state index contributed by atoms with van der Waals surface area (Å²) in [7, 11) is 1.64. The fourth-order valence-electron chi connectivity index (χ4n) is 2.51. The highest BCUT2D eigenvalue weighted by Gasteiger charge is 2.19. The van der Waals surface area contributed by atoms with Crippen molar-refractivity contribution in [3.05, 3.63) is 50.9 Å². The van der Waals surface area contributed by atoms with Crippen molar-refractivity contribution in [3.8, 4) is 16.3 Å². The Morgan fingerprint density at radius 1 is 1.31 bits per heavy atom. The van der Waals surface area contributed by atoms with Crippen LogP contribution in [-0.2, 0) is 6.54 Å². The number of thiazole rings is 2. The van der Waals surface area contributed by atoms with Gasteiger partial charge >= 0.3 is 0 Å². The smallest absolute Gasteiger partial charge is 0.271 e. The Bertz CT molecular complexity index is 902. The van der Waals surface area contributed by atoms with E-state index in [0.29, 0.717) is 12.2 Å². The second-order valence-corrected chi connectivity index (χ2v) is 7.70. The van der Waals surface area contributed by atoms with Gasteiger partial charge in [0.2, 0.25) is 0 Å². The zero-order valence-corrected chi connectivity index (χ0v) is 16.4. The van der Waals surface area contributed by atoms with Gasteiger partial charge in [-0.05, 0) is 38.1 Å². The van der Waals surface area contributed by atoms with Crippen LogP contribution in [0.5, 0.6) is 5.75 Å². The summed E-state index contributed by atoms with van der Waals surface area (Å²) >= 11 is 2.97. The minimum absolute atomic E-state index is 0.157. The van der Waals surface area contributed by atoms with Gasteiger partial charge in [0.1, 0.15) is 21.5 Å². The number of aromatic nitrogens is 2. The number of amides is 1. The van der Waals surface area contributed by atoms with Gasteiger partial charge in [0.15, 0.2) is 0 Å². The Kier molecular flexibility index (Phi) is 5.65. The van der Waals surface area contributed by atoms with Gasteiger partial charge in [0.25, 0.3) is 5.91 Å². The van der Waals surface area contributed by atoms with Crippen LogP contribution in [0.4, 0.5) is 0 Å². The van der Waals surface area contributed by atoms with Gasteiger partial charge in [-0.25, -0.2) is 9.97 Å². The number of carbonyl (C=O) groups is 1. The van der Waals surface area contributed by atoms with Crippen LogP contribution in [0, 0.1) is 6.92 Å². The van der Waals surface area contributed by atoms with Crippen LogP contribution in [0.1, 0.15) is 39.0 Å². The number of hydrogen-bond donors (Lipinski definition) is 2. The van der Waals surface area contributed by atoms with E-state index in [1.165, 1.54) is 11.3 Å². The van der Waals surface area contributed by atoms with Crippen LogP contribution < -0.4 is 15.8 Å². The summed E-state index contributed by atoms with van der Waals surface area (Å²) in [6, 6.07) is 7.62. The van der Waals surface area contributed by atoms with E-state index < -0.39 is 0 Å². The number of benzene rings is 1. The third-order valence-corrected chi connectivity index (χ3v) is 6.13. The lowest BCUT2D eigenvalue weighted by Gasteiger charge is -2.11. The molecule has 0 saturated heterocycles. The summed E-state index contributed by atoms with van der Waals surface area (Å²) in [6.45, 7) is 4.25. The average Bonchev–Trinajstić information content (AvgIpc) is 3.28. The molecular weight excluding hydrogens is 368 g/mol. The Morgan fingerprint density at radius 2 is 2.04 bits per heavy atom. The minimum Gasteiger partial charge on any atom is -0.497 e. The minimum atomic E-state index is -0.202. The molecule has 0 bridgehead atoms. The molecule has 6 nitrogen and oxygen atoms in total. The van der Waals surface area contributed by atoms with Gasteiger partial charge in [0, 0.05) is 17.5 Å². The molecule has 1 atom stereocenters. The second-order valence-electron chi connectivity index (χ2n) is 5.72. The third kappa shape index (κ3) is 3.92. The Labute approximate surface area is 160 Å². The van der Waals surface area contributed by atoms with Gasteiger partial charge in [-0.2, -0.15) is 0 Å². The maximum absolute atomic E-state index is 12.4. The first kappa shape index (κ1) is 18.5. The Morgan fingerprint density at radius 3 is 2.65 bits per heavy atom. The SMILES string of the molecule is COc1ccc(-c2nc(C)c(C(C)NC(=O)c3csc(CN)n3)s2)cc1. The molecule has 3 N–H and O–H groups in total. The van der Waals surface area contributed by atoms with Gasteiger partial charge in [0.05, 0.1) is 23.7 Å². The van der Waals surface area contributed by atoms with Crippen LogP contribution in [0.2, 0.25) is 0 Å². The first-order valence-corrected chi connectivity index (χ1v) is 9.78. The molecule has 1 aromatic carbocycles. The lowest BCUT2D eigenvalue weighted by molar-refractivity contribution is 0.0936. The van der Waals surface area contributed by atoms with Crippen LogP contribution in [0.3, 0.4) is 0 Å². The summed E-state index contributed by atoms with van der Waals surface area (Å²) in [5.41, 5.74) is 7.89. The Hall–Kier alpha value is -2.29. The first-order chi connectivity index (χ1) is 12.5. The maximum Gasteiger partial charge on any atom is 0.271 e. The molecule has 2 aromatic heterocycles. The van der Waals surface area contributed by atoms with Crippen LogP contribution in [-0.4, -0.2) is 23.0 Å². The highest BCUT2D eigenvalue weighted by molar-refractivity contribution is 7.15. The van der Waals surface area contributed by atoms with E-state index in [1.54, 1.807) is 23.8 Å². The molecule has 136 valence electrons. The Balaban J connectivity index is 1.75. The summed E-state index contributed by atoms with van der Waals surface area (Å²) in [6.07, 6.45) is 0. The van der Waals surface area contributed by atoms with Crippen molar-refractivity contribution >= 4 is 28.6 Å². The van der Waals surface area contributed by atoms with Crippen molar-refractivity contribution < 1.29 is 9.53 Å². The molecular formula is C18H20N4O2S2. The largest absolute Gasteiger partial charge is 0.497 e. The van der Waals surface area contributed by atoms with Gasteiger partial charge in [-0.3, -0.25) is 4.79 Å². The summed E-state index contributed by atoms with van der Waals surface area (Å²) in [5, 5.41) is 6.38. The molecule has 0 radical (unpaired) electrons. The van der Waals surface area contributed by atoms with E-state index in [2.05, 4.69) is 15.3 Å². The number of ether oxygens (including phenoxy) is 1. The van der Waals surface area contributed by atoms with Crippen molar-refractivity contribution in [1.29, 1.82) is 0 Å². The van der Waals surface area contributed by atoms with E-state index in [4.69, 9.17) is 10.5 Å². The molecule has 3 rings (SSSR count). The quantitative estimate of drug-likeness (QED) is 0.674. The fourth-order valence-corrected chi connectivity index (χ4v) is 4.24. The highest BCUT2D eigenvalue weighted by Crippen LogP contribution is 2.32. The van der Waals surface area contributed by atoms with E-state index in [9.17, 15) is 4.79 Å². The number of nitrogens with one attached hydrogen (secondary N) is 1. The number of methoxy groups -OCH3 is 1. The third-order valence-electron chi connectivity index (χ3n) is 3.87. The van der Waals surface area contributed by atoms with Gasteiger partial charge in [-0.1, -0.05) is 0 Å². The number of hydrogen-bond acceptors (Lipinski definition) is 7. The number of rotatable bonds is 6. The second kappa shape index (κ2) is 7.94. The highest BCUT2D eigenvalue weighted by atomic mass is 32.1. The summed E-state index contributed by atoms with van der Waals surface area (Å²) < 4.78 is 5.19. The van der Waals surface area contributed by atoms with Gasteiger partial charge in [-0.15, -0.1) is 22.7 Å². The summed E-state index contributed by atoms with van der Waals surface area (Å²) in [5.74, 6) is 0.607. The standard InChI is InChI=1S/C18H20N4O2S2/c1-10(20-17(23)14-9-25-15(8-19)22-14)16-11(2)21-18(26-16)12-4-6-13(24-3)7-5-12/h4-7,9-10H,8,19H2,1-3H3,(H,20,23). The van der Waals surface area contributed by atoms with Crippen molar-refractivity contribution in [2.24, 2.45) is 5.73 Å².